The smallest absolute Gasteiger partial charge is 0.263 e. The van der Waals surface area contributed by atoms with Crippen molar-refractivity contribution in [1.82, 2.24) is 0 Å². The molecule has 3 rings (SSSR count). The number of rotatable bonds is 4. The third-order valence-corrected chi connectivity index (χ3v) is 5.97. The number of hydrogen-bond acceptors (Lipinski definition) is 4. The molecule has 1 aliphatic heterocycles. The summed E-state index contributed by atoms with van der Waals surface area (Å²) in [5.41, 5.74) is 2.14. The van der Waals surface area contributed by atoms with Crippen molar-refractivity contribution >= 4 is 38.9 Å². The summed E-state index contributed by atoms with van der Waals surface area (Å²) < 4.78 is 32.8. The van der Waals surface area contributed by atoms with Gasteiger partial charge in [-0.25, -0.2) is 8.42 Å². The van der Waals surface area contributed by atoms with Crippen LogP contribution in [-0.2, 0) is 21.2 Å². The number of anilines is 2. The lowest BCUT2D eigenvalue weighted by atomic mass is 10.0. The first-order valence-electron chi connectivity index (χ1n) is 7.57. The predicted octanol–water partition coefficient (Wildman–Crippen LogP) is 3.06. The van der Waals surface area contributed by atoms with Gasteiger partial charge < -0.3 is 9.64 Å². The van der Waals surface area contributed by atoms with Crippen LogP contribution in [0.1, 0.15) is 12.0 Å². The molecule has 2 aromatic rings. The van der Waals surface area contributed by atoms with Crippen LogP contribution in [0, 0.1) is 0 Å². The molecule has 0 spiro atoms. The first-order chi connectivity index (χ1) is 11.8. The minimum Gasteiger partial charge on any atom is -0.497 e. The molecule has 132 valence electrons. The monoisotopic (exact) mass is 380 g/mol. The van der Waals surface area contributed by atoms with E-state index in [1.807, 2.05) is 0 Å². The molecule has 8 heteroatoms. The van der Waals surface area contributed by atoms with Gasteiger partial charge in [0.05, 0.1) is 12.1 Å². The van der Waals surface area contributed by atoms with Gasteiger partial charge in [0.25, 0.3) is 10.0 Å². The van der Waals surface area contributed by atoms with E-state index in [0.29, 0.717) is 24.3 Å². The van der Waals surface area contributed by atoms with Gasteiger partial charge in [0.15, 0.2) is 0 Å². The Morgan fingerprint density at radius 2 is 1.92 bits per heavy atom. The minimum atomic E-state index is -3.84. The average Bonchev–Trinajstić information content (AvgIpc) is 2.57. The van der Waals surface area contributed by atoms with Crippen LogP contribution in [0.5, 0.6) is 5.75 Å². The zero-order valence-electron chi connectivity index (χ0n) is 13.7. The topological polar surface area (TPSA) is 75.7 Å². The summed E-state index contributed by atoms with van der Waals surface area (Å²) in [5.74, 6) is 0.524. The normalized spacial score (nSPS) is 14.2. The molecule has 1 aliphatic rings. The van der Waals surface area contributed by atoms with Crippen LogP contribution >= 0.6 is 11.6 Å². The molecule has 0 saturated heterocycles. The molecule has 0 fully saturated rings. The molecule has 1 N–H and O–H groups in total. The lowest BCUT2D eigenvalue weighted by Gasteiger charge is -2.26. The number of nitrogens with one attached hydrogen (secondary N) is 1. The van der Waals surface area contributed by atoms with Crippen molar-refractivity contribution < 1.29 is 17.9 Å². The van der Waals surface area contributed by atoms with Crippen molar-refractivity contribution in [1.29, 1.82) is 0 Å². The number of aryl methyl sites for hydroxylation is 1. The van der Waals surface area contributed by atoms with E-state index in [2.05, 4.69) is 4.72 Å². The summed E-state index contributed by atoms with van der Waals surface area (Å²) in [7, 11) is -0.649. The molecule has 0 saturated carbocycles. The Hall–Kier alpha value is -2.25. The lowest BCUT2D eigenvalue weighted by molar-refractivity contribution is -0.118. The molecule has 25 heavy (non-hydrogen) atoms. The predicted molar refractivity (Wildman–Crippen MR) is 97.0 cm³/mol. The van der Waals surface area contributed by atoms with Crippen LogP contribution in [0.3, 0.4) is 0 Å². The van der Waals surface area contributed by atoms with Crippen LogP contribution in [0.15, 0.2) is 41.3 Å². The molecular weight excluding hydrogens is 364 g/mol. The zero-order valence-corrected chi connectivity index (χ0v) is 15.3. The van der Waals surface area contributed by atoms with Gasteiger partial charge >= 0.3 is 0 Å². The van der Waals surface area contributed by atoms with E-state index in [1.54, 1.807) is 30.1 Å². The Bertz CT molecular complexity index is 944. The minimum absolute atomic E-state index is 0.0278. The van der Waals surface area contributed by atoms with Crippen molar-refractivity contribution in [2.24, 2.45) is 0 Å². The second kappa shape index (κ2) is 6.57. The Balaban J connectivity index is 1.90. The van der Waals surface area contributed by atoms with Crippen LogP contribution < -0.4 is 14.4 Å². The van der Waals surface area contributed by atoms with Crippen molar-refractivity contribution in [3.05, 3.63) is 47.0 Å². The van der Waals surface area contributed by atoms with E-state index in [1.165, 1.54) is 25.3 Å². The number of methoxy groups -OCH3 is 1. The van der Waals surface area contributed by atoms with Crippen molar-refractivity contribution in [3.8, 4) is 5.75 Å². The fourth-order valence-corrected chi connectivity index (χ4v) is 4.34. The standard InChI is InChI=1S/C17H17ClN2O4S/c1-20-15-6-4-12(9-11(15)3-8-17(20)21)19-25(22,23)16-7-5-13(24-2)10-14(16)18/h4-7,9-10,19H,3,8H2,1-2H3. The second-order valence-corrected chi connectivity index (χ2v) is 7.76. The summed E-state index contributed by atoms with van der Waals surface area (Å²) in [6.45, 7) is 0. The quantitative estimate of drug-likeness (QED) is 0.884. The number of sulfonamides is 1. The highest BCUT2D eigenvalue weighted by molar-refractivity contribution is 7.92. The molecule has 1 heterocycles. The highest BCUT2D eigenvalue weighted by Gasteiger charge is 2.23. The summed E-state index contributed by atoms with van der Waals surface area (Å²) in [5, 5.41) is 0.0788. The van der Waals surface area contributed by atoms with E-state index in [9.17, 15) is 13.2 Å². The molecule has 0 atom stereocenters. The van der Waals surface area contributed by atoms with Crippen LogP contribution in [0.25, 0.3) is 0 Å². The van der Waals surface area contributed by atoms with Crippen LogP contribution in [0.2, 0.25) is 5.02 Å². The maximum absolute atomic E-state index is 12.6. The van der Waals surface area contributed by atoms with Crippen molar-refractivity contribution in [3.63, 3.8) is 0 Å². The number of ether oxygens (including phenoxy) is 1. The second-order valence-electron chi connectivity index (χ2n) is 5.70. The van der Waals surface area contributed by atoms with Gasteiger partial charge in [-0.15, -0.1) is 0 Å². The van der Waals surface area contributed by atoms with Gasteiger partial charge in [-0.1, -0.05) is 11.6 Å². The van der Waals surface area contributed by atoms with Crippen molar-refractivity contribution in [2.75, 3.05) is 23.8 Å². The highest BCUT2D eigenvalue weighted by Crippen LogP contribution is 2.31. The summed E-state index contributed by atoms with van der Waals surface area (Å²) in [4.78, 5) is 13.3. The fraction of sp³-hybridized carbons (Fsp3) is 0.235. The first kappa shape index (κ1) is 17.6. The van der Waals surface area contributed by atoms with Gasteiger partial charge in [-0.2, -0.15) is 0 Å². The number of nitrogens with zero attached hydrogens (tertiary/aromatic N) is 1. The summed E-state index contributed by atoms with van der Waals surface area (Å²) in [6.07, 6.45) is 0.987. The molecule has 2 aromatic carbocycles. The molecule has 6 nitrogen and oxygen atoms in total. The first-order valence-corrected chi connectivity index (χ1v) is 9.44. The van der Waals surface area contributed by atoms with E-state index in [0.717, 1.165) is 11.3 Å². The Labute approximate surface area is 151 Å². The zero-order chi connectivity index (χ0) is 18.2. The van der Waals surface area contributed by atoms with Gasteiger partial charge in [0.1, 0.15) is 10.6 Å². The van der Waals surface area contributed by atoms with Gasteiger partial charge in [-0.3, -0.25) is 9.52 Å². The Morgan fingerprint density at radius 1 is 1.16 bits per heavy atom. The summed E-state index contributed by atoms with van der Waals surface area (Å²) >= 11 is 6.07. The van der Waals surface area contributed by atoms with E-state index < -0.39 is 10.0 Å². The molecule has 0 aliphatic carbocycles. The number of hydrogen-bond donors (Lipinski definition) is 1. The molecule has 0 bridgehead atoms. The molecular formula is C17H17ClN2O4S. The van der Waals surface area contributed by atoms with E-state index >= 15 is 0 Å². The van der Waals surface area contributed by atoms with E-state index in [4.69, 9.17) is 16.3 Å². The number of halogens is 1. The number of benzene rings is 2. The molecule has 0 unspecified atom stereocenters. The average molecular weight is 381 g/mol. The Morgan fingerprint density at radius 3 is 2.60 bits per heavy atom. The number of fused-ring (bicyclic) bond motifs is 1. The third kappa shape index (κ3) is 3.43. The van der Waals surface area contributed by atoms with Gasteiger partial charge in [-0.05, 0) is 42.3 Å². The highest BCUT2D eigenvalue weighted by atomic mass is 35.5. The lowest BCUT2D eigenvalue weighted by Crippen LogP contribution is -2.31. The van der Waals surface area contributed by atoms with Gasteiger partial charge in [0, 0.05) is 30.9 Å². The fourth-order valence-electron chi connectivity index (χ4n) is 2.76. The number of amides is 1. The molecule has 0 radical (unpaired) electrons. The van der Waals surface area contributed by atoms with E-state index in [-0.39, 0.29) is 15.8 Å². The molecule has 0 aromatic heterocycles. The van der Waals surface area contributed by atoms with Gasteiger partial charge in [0.2, 0.25) is 5.91 Å². The maximum atomic E-state index is 12.6. The largest absolute Gasteiger partial charge is 0.497 e. The number of carbonyl (C=O) groups excluding carboxylic acids is 1. The van der Waals surface area contributed by atoms with Crippen LogP contribution in [-0.4, -0.2) is 28.5 Å². The van der Waals surface area contributed by atoms with Crippen molar-refractivity contribution in [2.45, 2.75) is 17.7 Å². The number of carbonyl (C=O) groups is 1. The maximum Gasteiger partial charge on any atom is 0.263 e. The SMILES string of the molecule is COc1ccc(S(=O)(=O)Nc2ccc3c(c2)CCC(=O)N3C)c(Cl)c1. The molecule has 1 amide bonds. The van der Waals surface area contributed by atoms with Crippen LogP contribution in [0.4, 0.5) is 11.4 Å². The third-order valence-electron chi connectivity index (χ3n) is 4.10. The summed E-state index contributed by atoms with van der Waals surface area (Å²) in [6, 6.07) is 9.49. The Kier molecular flexibility index (Phi) is 4.62.